The molecule has 0 saturated carbocycles. The second-order valence-electron chi connectivity index (χ2n) is 7.32. The summed E-state index contributed by atoms with van der Waals surface area (Å²) in [6.45, 7) is 3.77. The third-order valence-corrected chi connectivity index (χ3v) is 6.02. The highest BCUT2D eigenvalue weighted by atomic mass is 127. The fourth-order valence-corrected chi connectivity index (χ4v) is 3.90. The van der Waals surface area contributed by atoms with Gasteiger partial charge in [0.25, 0.3) is 11.8 Å². The fraction of sp³-hybridized carbons (Fsp3) is 0.160. The zero-order chi connectivity index (χ0) is 24.7. The van der Waals surface area contributed by atoms with Gasteiger partial charge in [-0.2, -0.15) is 5.10 Å². The van der Waals surface area contributed by atoms with Crippen molar-refractivity contribution in [2.75, 3.05) is 19.0 Å². The lowest BCUT2D eigenvalue weighted by Gasteiger charge is -2.14. The summed E-state index contributed by atoms with van der Waals surface area (Å²) < 4.78 is 11.9. The fourth-order valence-electron chi connectivity index (χ4n) is 3.00. The van der Waals surface area contributed by atoms with Crippen molar-refractivity contribution in [3.05, 3.63) is 85.4 Å². The smallest absolute Gasteiger partial charge is 0.271 e. The number of carbonyl (C=O) groups is 2. The average Bonchev–Trinajstić information content (AvgIpc) is 2.81. The Labute approximate surface area is 216 Å². The standard InChI is InChI=1S/C25H23ClIN3O4/c1-15-5-4-6-21(16(15)2)29-23(31)14-34-24-20(27)11-17(12-22(24)33-3)13-28-30-25(32)18-7-9-19(26)10-8-18/h4-13H,14H2,1-3H3,(H,29,31)(H,30,32)/b28-13+. The number of benzene rings is 3. The largest absolute Gasteiger partial charge is 0.493 e. The van der Waals surface area contributed by atoms with Crippen LogP contribution in [0.3, 0.4) is 0 Å². The Balaban J connectivity index is 1.64. The minimum absolute atomic E-state index is 0.176. The summed E-state index contributed by atoms with van der Waals surface area (Å²) in [5, 5.41) is 7.42. The van der Waals surface area contributed by atoms with E-state index >= 15 is 0 Å². The van der Waals surface area contributed by atoms with Crippen LogP contribution >= 0.6 is 34.2 Å². The first-order valence-electron chi connectivity index (χ1n) is 10.2. The van der Waals surface area contributed by atoms with Crippen molar-refractivity contribution < 1.29 is 19.1 Å². The number of amides is 2. The van der Waals surface area contributed by atoms with Gasteiger partial charge in [-0.15, -0.1) is 0 Å². The zero-order valence-corrected chi connectivity index (χ0v) is 21.7. The van der Waals surface area contributed by atoms with Gasteiger partial charge in [0.05, 0.1) is 16.9 Å². The molecule has 9 heteroatoms. The molecule has 0 radical (unpaired) electrons. The van der Waals surface area contributed by atoms with Crippen molar-refractivity contribution in [2.45, 2.75) is 13.8 Å². The maximum atomic E-state index is 12.4. The molecule has 0 atom stereocenters. The number of rotatable bonds is 8. The second kappa shape index (κ2) is 11.8. The van der Waals surface area contributed by atoms with E-state index in [0.717, 1.165) is 20.4 Å². The van der Waals surface area contributed by atoms with Crippen LogP contribution in [0.25, 0.3) is 0 Å². The van der Waals surface area contributed by atoms with Gasteiger partial charge in [0.1, 0.15) is 0 Å². The molecule has 3 aromatic rings. The molecule has 0 fully saturated rings. The molecule has 2 N–H and O–H groups in total. The van der Waals surface area contributed by atoms with Crippen molar-refractivity contribution in [3.8, 4) is 11.5 Å². The number of carbonyl (C=O) groups excluding carboxylic acids is 2. The van der Waals surface area contributed by atoms with Gasteiger partial charge in [0, 0.05) is 16.3 Å². The quantitative estimate of drug-likeness (QED) is 0.210. The molecule has 7 nitrogen and oxygen atoms in total. The highest BCUT2D eigenvalue weighted by Crippen LogP contribution is 2.33. The molecule has 34 heavy (non-hydrogen) atoms. The van der Waals surface area contributed by atoms with Crippen LogP contribution in [0, 0.1) is 17.4 Å². The summed E-state index contributed by atoms with van der Waals surface area (Å²) in [6, 6.07) is 15.7. The Bertz CT molecular complexity index is 1230. The molecule has 0 spiro atoms. The van der Waals surface area contributed by atoms with Crippen molar-refractivity contribution in [1.29, 1.82) is 0 Å². The van der Waals surface area contributed by atoms with E-state index in [-0.39, 0.29) is 18.4 Å². The van der Waals surface area contributed by atoms with Crippen LogP contribution < -0.4 is 20.2 Å². The number of nitrogens with one attached hydrogen (secondary N) is 2. The predicted molar refractivity (Wildman–Crippen MR) is 142 cm³/mol. The van der Waals surface area contributed by atoms with Crippen LogP contribution in [0.2, 0.25) is 5.02 Å². The first-order chi connectivity index (χ1) is 16.3. The molecular formula is C25H23ClIN3O4. The minimum atomic E-state index is -0.357. The molecule has 176 valence electrons. The monoisotopic (exact) mass is 591 g/mol. The van der Waals surface area contributed by atoms with Crippen LogP contribution in [0.15, 0.2) is 59.7 Å². The van der Waals surface area contributed by atoms with E-state index in [1.807, 2.05) is 32.0 Å². The van der Waals surface area contributed by atoms with E-state index < -0.39 is 0 Å². The number of methoxy groups -OCH3 is 1. The number of hydrogen-bond acceptors (Lipinski definition) is 5. The second-order valence-corrected chi connectivity index (χ2v) is 8.92. The van der Waals surface area contributed by atoms with Gasteiger partial charge < -0.3 is 14.8 Å². The molecule has 3 rings (SSSR count). The summed E-state index contributed by atoms with van der Waals surface area (Å²) >= 11 is 7.93. The molecule has 0 unspecified atom stereocenters. The van der Waals surface area contributed by atoms with E-state index in [1.54, 1.807) is 36.4 Å². The van der Waals surface area contributed by atoms with Gasteiger partial charge in [-0.25, -0.2) is 5.43 Å². The zero-order valence-electron chi connectivity index (χ0n) is 18.8. The topological polar surface area (TPSA) is 89.0 Å². The van der Waals surface area contributed by atoms with Crippen LogP contribution in [0.4, 0.5) is 5.69 Å². The summed E-state index contributed by atoms with van der Waals surface area (Å²) in [4.78, 5) is 24.6. The third kappa shape index (κ3) is 6.71. The molecule has 0 aromatic heterocycles. The lowest BCUT2D eigenvalue weighted by atomic mass is 10.1. The van der Waals surface area contributed by atoms with Gasteiger partial charge in [-0.3, -0.25) is 9.59 Å². The van der Waals surface area contributed by atoms with E-state index in [9.17, 15) is 9.59 Å². The van der Waals surface area contributed by atoms with Gasteiger partial charge in [0.15, 0.2) is 18.1 Å². The number of anilines is 1. The first-order valence-corrected chi connectivity index (χ1v) is 11.7. The number of halogens is 2. The molecule has 0 bridgehead atoms. The van der Waals surface area contributed by atoms with Crippen LogP contribution in [0.5, 0.6) is 11.5 Å². The molecule has 0 saturated heterocycles. The minimum Gasteiger partial charge on any atom is -0.493 e. The van der Waals surface area contributed by atoms with Crippen LogP contribution in [0.1, 0.15) is 27.0 Å². The molecule has 0 aliphatic carbocycles. The first kappa shape index (κ1) is 25.5. The van der Waals surface area contributed by atoms with Crippen LogP contribution in [-0.4, -0.2) is 31.7 Å². The number of hydrazone groups is 1. The number of aryl methyl sites for hydroxylation is 1. The van der Waals surface area contributed by atoms with Gasteiger partial charge in [-0.1, -0.05) is 23.7 Å². The molecule has 0 heterocycles. The lowest BCUT2D eigenvalue weighted by Crippen LogP contribution is -2.21. The predicted octanol–water partition coefficient (Wildman–Crippen LogP) is 5.35. The summed E-state index contributed by atoms with van der Waals surface area (Å²) in [5.41, 5.74) is 6.45. The summed E-state index contributed by atoms with van der Waals surface area (Å²) in [6.07, 6.45) is 1.50. The summed E-state index contributed by atoms with van der Waals surface area (Å²) in [7, 11) is 1.51. The van der Waals surface area contributed by atoms with Crippen molar-refractivity contribution in [2.24, 2.45) is 5.10 Å². The lowest BCUT2D eigenvalue weighted by molar-refractivity contribution is -0.118. The van der Waals surface area contributed by atoms with Crippen molar-refractivity contribution >= 4 is 57.9 Å². The van der Waals surface area contributed by atoms with E-state index in [0.29, 0.717) is 27.6 Å². The Morgan fingerprint density at radius 3 is 2.56 bits per heavy atom. The molecule has 3 aromatic carbocycles. The summed E-state index contributed by atoms with van der Waals surface area (Å²) in [5.74, 6) is 0.255. The SMILES string of the molecule is COc1cc(/C=N/NC(=O)c2ccc(Cl)cc2)cc(I)c1OCC(=O)Nc1cccc(C)c1C. The number of nitrogens with zero attached hydrogens (tertiary/aromatic N) is 1. The van der Waals surface area contributed by atoms with Crippen molar-refractivity contribution in [1.82, 2.24) is 5.43 Å². The number of hydrogen-bond donors (Lipinski definition) is 2. The van der Waals surface area contributed by atoms with Gasteiger partial charge in [0.2, 0.25) is 0 Å². The molecular weight excluding hydrogens is 569 g/mol. The van der Waals surface area contributed by atoms with Gasteiger partial charge in [-0.05, 0) is 95.6 Å². The van der Waals surface area contributed by atoms with E-state index in [4.69, 9.17) is 21.1 Å². The Morgan fingerprint density at radius 1 is 1.12 bits per heavy atom. The molecule has 0 aliphatic rings. The van der Waals surface area contributed by atoms with Crippen LogP contribution in [-0.2, 0) is 4.79 Å². The van der Waals surface area contributed by atoms with E-state index in [2.05, 4.69) is 38.4 Å². The normalized spacial score (nSPS) is 10.7. The highest BCUT2D eigenvalue weighted by molar-refractivity contribution is 14.1. The molecule has 2 amide bonds. The maximum absolute atomic E-state index is 12.4. The Kier molecular flexibility index (Phi) is 8.89. The highest BCUT2D eigenvalue weighted by Gasteiger charge is 2.14. The maximum Gasteiger partial charge on any atom is 0.271 e. The Hall–Kier alpha value is -3.11. The molecule has 0 aliphatic heterocycles. The average molecular weight is 592 g/mol. The number of ether oxygens (including phenoxy) is 2. The van der Waals surface area contributed by atoms with E-state index in [1.165, 1.54) is 13.3 Å². The Morgan fingerprint density at radius 2 is 1.85 bits per heavy atom. The third-order valence-electron chi connectivity index (χ3n) is 4.96. The van der Waals surface area contributed by atoms with Gasteiger partial charge >= 0.3 is 0 Å². The van der Waals surface area contributed by atoms with Crippen molar-refractivity contribution in [3.63, 3.8) is 0 Å².